The van der Waals surface area contributed by atoms with E-state index in [4.69, 9.17) is 0 Å². The van der Waals surface area contributed by atoms with Gasteiger partial charge in [-0.15, -0.1) is 24.0 Å². The Morgan fingerprint density at radius 1 is 1.32 bits per heavy atom. The number of rotatable bonds is 5. The summed E-state index contributed by atoms with van der Waals surface area (Å²) in [6.07, 6.45) is 3.49. The largest absolute Gasteiger partial charge is 0.321 e. The van der Waals surface area contributed by atoms with E-state index in [1.54, 1.807) is 6.07 Å². The summed E-state index contributed by atoms with van der Waals surface area (Å²) in [6.45, 7) is 2.19. The molecule has 0 atom stereocenters. The molecule has 4 heteroatoms. The molecule has 1 heterocycles. The zero-order chi connectivity index (χ0) is 13.7. The lowest BCUT2D eigenvalue weighted by Gasteiger charge is -2.05. The van der Waals surface area contributed by atoms with Gasteiger partial charge in [0.15, 0.2) is 0 Å². The van der Waals surface area contributed by atoms with E-state index in [1.807, 2.05) is 17.5 Å². The SMILES string of the molecule is CCCCc1ccc(NC(=O)c2cc(S)cs2)cc1. The van der Waals surface area contributed by atoms with Crippen LogP contribution in [-0.4, -0.2) is 5.91 Å². The van der Waals surface area contributed by atoms with Crippen molar-refractivity contribution in [1.29, 1.82) is 0 Å². The summed E-state index contributed by atoms with van der Waals surface area (Å²) in [4.78, 5) is 13.5. The Bertz CT molecular complexity index is 546. The molecule has 0 aliphatic carbocycles. The number of thiophene rings is 1. The maximum atomic E-state index is 11.9. The van der Waals surface area contributed by atoms with Gasteiger partial charge >= 0.3 is 0 Å². The highest BCUT2D eigenvalue weighted by molar-refractivity contribution is 7.80. The fourth-order valence-corrected chi connectivity index (χ4v) is 2.82. The minimum atomic E-state index is -0.0772. The molecule has 1 amide bonds. The van der Waals surface area contributed by atoms with Gasteiger partial charge in [0.2, 0.25) is 0 Å². The number of nitrogens with one attached hydrogen (secondary N) is 1. The fourth-order valence-electron chi connectivity index (χ4n) is 1.77. The third-order valence-corrected chi connectivity index (χ3v) is 4.20. The Balaban J connectivity index is 1.97. The molecule has 0 aliphatic rings. The normalized spacial score (nSPS) is 10.4. The van der Waals surface area contributed by atoms with Gasteiger partial charge in [-0.1, -0.05) is 25.5 Å². The van der Waals surface area contributed by atoms with Crippen LogP contribution in [0.1, 0.15) is 35.0 Å². The predicted molar refractivity (Wildman–Crippen MR) is 84.6 cm³/mol. The molecule has 1 aromatic carbocycles. The van der Waals surface area contributed by atoms with E-state index in [0.29, 0.717) is 4.88 Å². The summed E-state index contributed by atoms with van der Waals surface area (Å²) in [5, 5.41) is 4.75. The average molecular weight is 291 g/mol. The van der Waals surface area contributed by atoms with Gasteiger partial charge in [-0.05, 0) is 36.6 Å². The first-order valence-electron chi connectivity index (χ1n) is 6.37. The Labute approximate surface area is 123 Å². The van der Waals surface area contributed by atoms with Gasteiger partial charge < -0.3 is 5.32 Å². The van der Waals surface area contributed by atoms with Gasteiger partial charge in [-0.3, -0.25) is 4.79 Å². The lowest BCUT2D eigenvalue weighted by Crippen LogP contribution is -2.09. The molecule has 1 N–H and O–H groups in total. The van der Waals surface area contributed by atoms with Crippen LogP contribution >= 0.6 is 24.0 Å². The van der Waals surface area contributed by atoms with Crippen molar-refractivity contribution >= 4 is 35.6 Å². The number of hydrogen-bond donors (Lipinski definition) is 2. The van der Waals surface area contributed by atoms with Gasteiger partial charge in [0.25, 0.3) is 5.91 Å². The van der Waals surface area contributed by atoms with Gasteiger partial charge in [0.05, 0.1) is 4.88 Å². The van der Waals surface area contributed by atoms with E-state index in [0.717, 1.165) is 17.0 Å². The summed E-state index contributed by atoms with van der Waals surface area (Å²) in [5.41, 5.74) is 2.15. The minimum Gasteiger partial charge on any atom is -0.321 e. The average Bonchev–Trinajstić information content (AvgIpc) is 2.85. The highest BCUT2D eigenvalue weighted by atomic mass is 32.1. The Morgan fingerprint density at radius 3 is 2.63 bits per heavy atom. The van der Waals surface area contributed by atoms with E-state index < -0.39 is 0 Å². The van der Waals surface area contributed by atoms with Crippen molar-refractivity contribution in [2.75, 3.05) is 5.32 Å². The number of anilines is 1. The van der Waals surface area contributed by atoms with Crippen molar-refractivity contribution in [1.82, 2.24) is 0 Å². The number of carbonyl (C=O) groups excluding carboxylic acids is 1. The zero-order valence-corrected chi connectivity index (χ0v) is 12.6. The Hall–Kier alpha value is -1.26. The molecule has 0 fully saturated rings. The number of carbonyl (C=O) groups is 1. The number of hydrogen-bond acceptors (Lipinski definition) is 3. The molecule has 0 spiro atoms. The standard InChI is InChI=1S/C15H17NOS2/c1-2-3-4-11-5-7-12(8-6-11)16-15(17)14-9-13(18)10-19-14/h5-10,18H,2-4H2,1H3,(H,16,17). The van der Waals surface area contributed by atoms with Crippen LogP contribution in [0, 0.1) is 0 Å². The molecule has 2 rings (SSSR count). The second-order valence-electron chi connectivity index (χ2n) is 4.42. The van der Waals surface area contributed by atoms with Crippen LogP contribution in [0.15, 0.2) is 40.6 Å². The smallest absolute Gasteiger partial charge is 0.265 e. The Morgan fingerprint density at radius 2 is 2.05 bits per heavy atom. The monoisotopic (exact) mass is 291 g/mol. The first kappa shape index (κ1) is 14.2. The van der Waals surface area contributed by atoms with Crippen LogP contribution < -0.4 is 5.32 Å². The summed E-state index contributed by atoms with van der Waals surface area (Å²) in [6, 6.07) is 9.84. The summed E-state index contributed by atoms with van der Waals surface area (Å²) < 4.78 is 0. The zero-order valence-electron chi connectivity index (χ0n) is 10.8. The van der Waals surface area contributed by atoms with E-state index in [1.165, 1.54) is 29.7 Å². The molecule has 1 aromatic heterocycles. The summed E-state index contributed by atoms with van der Waals surface area (Å²) >= 11 is 5.61. The molecule has 19 heavy (non-hydrogen) atoms. The van der Waals surface area contributed by atoms with Crippen molar-refractivity contribution in [2.24, 2.45) is 0 Å². The molecular weight excluding hydrogens is 274 g/mol. The van der Waals surface area contributed by atoms with Crippen LogP contribution in [0.3, 0.4) is 0 Å². The predicted octanol–water partition coefficient (Wildman–Crippen LogP) is 4.63. The number of unbranched alkanes of at least 4 members (excludes halogenated alkanes) is 1. The highest BCUT2D eigenvalue weighted by Crippen LogP contribution is 2.19. The Kier molecular flexibility index (Phi) is 5.05. The van der Waals surface area contributed by atoms with Gasteiger partial charge in [0, 0.05) is 16.0 Å². The topological polar surface area (TPSA) is 29.1 Å². The molecular formula is C15H17NOS2. The van der Waals surface area contributed by atoms with Gasteiger partial charge in [-0.2, -0.15) is 0 Å². The summed E-state index contributed by atoms with van der Waals surface area (Å²) in [5.74, 6) is -0.0772. The maximum Gasteiger partial charge on any atom is 0.265 e. The lowest BCUT2D eigenvalue weighted by molar-refractivity contribution is 0.103. The third-order valence-electron chi connectivity index (χ3n) is 2.84. The quantitative estimate of drug-likeness (QED) is 0.773. The minimum absolute atomic E-state index is 0.0772. The van der Waals surface area contributed by atoms with Crippen LogP contribution in [0.2, 0.25) is 0 Å². The fraction of sp³-hybridized carbons (Fsp3) is 0.267. The van der Waals surface area contributed by atoms with Crippen LogP contribution in [-0.2, 0) is 6.42 Å². The van der Waals surface area contributed by atoms with Gasteiger partial charge in [-0.25, -0.2) is 0 Å². The van der Waals surface area contributed by atoms with E-state index >= 15 is 0 Å². The van der Waals surface area contributed by atoms with E-state index in [9.17, 15) is 4.79 Å². The molecule has 2 aromatic rings. The molecule has 0 saturated heterocycles. The number of benzene rings is 1. The second kappa shape index (κ2) is 6.78. The molecule has 0 saturated carbocycles. The second-order valence-corrected chi connectivity index (χ2v) is 5.85. The van der Waals surface area contributed by atoms with E-state index in [-0.39, 0.29) is 5.91 Å². The number of amides is 1. The van der Waals surface area contributed by atoms with Crippen molar-refractivity contribution in [3.05, 3.63) is 46.2 Å². The molecule has 0 bridgehead atoms. The lowest BCUT2D eigenvalue weighted by atomic mass is 10.1. The maximum absolute atomic E-state index is 11.9. The van der Waals surface area contributed by atoms with E-state index in [2.05, 4.69) is 37.0 Å². The first-order chi connectivity index (χ1) is 9.19. The van der Waals surface area contributed by atoms with Crippen molar-refractivity contribution < 1.29 is 4.79 Å². The van der Waals surface area contributed by atoms with Crippen molar-refractivity contribution in [3.8, 4) is 0 Å². The van der Waals surface area contributed by atoms with Crippen LogP contribution in [0.5, 0.6) is 0 Å². The molecule has 0 radical (unpaired) electrons. The molecule has 0 aliphatic heterocycles. The molecule has 2 nitrogen and oxygen atoms in total. The highest BCUT2D eigenvalue weighted by Gasteiger charge is 2.08. The number of thiol groups is 1. The number of aryl methyl sites for hydroxylation is 1. The van der Waals surface area contributed by atoms with Crippen LogP contribution in [0.25, 0.3) is 0 Å². The van der Waals surface area contributed by atoms with Crippen molar-refractivity contribution in [3.63, 3.8) is 0 Å². The van der Waals surface area contributed by atoms with Crippen LogP contribution in [0.4, 0.5) is 5.69 Å². The van der Waals surface area contributed by atoms with Gasteiger partial charge in [0.1, 0.15) is 0 Å². The molecule has 100 valence electrons. The first-order valence-corrected chi connectivity index (χ1v) is 7.69. The summed E-state index contributed by atoms with van der Waals surface area (Å²) in [7, 11) is 0. The molecule has 0 unspecified atom stereocenters. The van der Waals surface area contributed by atoms with Crippen molar-refractivity contribution in [2.45, 2.75) is 31.1 Å². The third kappa shape index (κ3) is 4.11.